The Morgan fingerprint density at radius 2 is 2.00 bits per heavy atom. The van der Waals surface area contributed by atoms with Gasteiger partial charge < -0.3 is 14.8 Å². The van der Waals surface area contributed by atoms with E-state index in [-0.39, 0.29) is 18.4 Å². The molecule has 1 heterocycles. The normalized spacial score (nSPS) is 18.6. The number of amides is 1. The first-order valence-electron chi connectivity index (χ1n) is 8.29. The zero-order chi connectivity index (χ0) is 18.4. The van der Waals surface area contributed by atoms with Crippen molar-refractivity contribution in [3.05, 3.63) is 23.8 Å². The molecule has 0 radical (unpaired) electrons. The van der Waals surface area contributed by atoms with Gasteiger partial charge >= 0.3 is 0 Å². The number of carbonyl (C=O) groups excluding carboxylic acids is 1. The molecule has 1 fully saturated rings. The van der Waals surface area contributed by atoms with Gasteiger partial charge in [0.05, 0.1) is 26.4 Å². The Labute approximate surface area is 149 Å². The van der Waals surface area contributed by atoms with E-state index in [1.165, 1.54) is 10.6 Å². The van der Waals surface area contributed by atoms with Crippen LogP contribution >= 0.6 is 0 Å². The number of methoxy groups -OCH3 is 2. The number of sulfonamides is 1. The molecule has 0 saturated carbocycles. The number of nitrogens with zero attached hydrogens (tertiary/aromatic N) is 1. The number of piperidine rings is 1. The van der Waals surface area contributed by atoms with E-state index in [1.807, 2.05) is 18.2 Å². The molecule has 7 nitrogen and oxygen atoms in total. The van der Waals surface area contributed by atoms with Crippen LogP contribution in [-0.4, -0.2) is 58.7 Å². The van der Waals surface area contributed by atoms with E-state index in [1.54, 1.807) is 14.2 Å². The van der Waals surface area contributed by atoms with Crippen molar-refractivity contribution < 1.29 is 22.7 Å². The number of ether oxygens (including phenoxy) is 2. The molecule has 0 aliphatic carbocycles. The van der Waals surface area contributed by atoms with Crippen molar-refractivity contribution in [1.82, 2.24) is 9.62 Å². The number of rotatable bonds is 7. The lowest BCUT2D eigenvalue weighted by atomic mass is 9.99. The topological polar surface area (TPSA) is 84.9 Å². The summed E-state index contributed by atoms with van der Waals surface area (Å²) in [5.74, 6) is 0.948. The molecule has 1 N–H and O–H groups in total. The van der Waals surface area contributed by atoms with Crippen molar-refractivity contribution in [1.29, 1.82) is 0 Å². The van der Waals surface area contributed by atoms with E-state index in [2.05, 4.69) is 5.32 Å². The Hall–Kier alpha value is -1.80. The minimum atomic E-state index is -3.24. The van der Waals surface area contributed by atoms with Gasteiger partial charge in [-0.3, -0.25) is 4.79 Å². The lowest BCUT2D eigenvalue weighted by molar-refractivity contribution is -0.126. The third-order valence-corrected chi connectivity index (χ3v) is 5.65. The standard InChI is InChI=1S/C17H26N2O5S/c1-23-15-7-6-13(11-16(15)24-2)8-9-18-17(20)14-5-4-10-19(12-14)25(3,21)22/h6-7,11,14H,4-5,8-10,12H2,1-3H3,(H,18,20)/t14-/m1/s1. The predicted octanol–water partition coefficient (Wildman–Crippen LogP) is 1.03. The summed E-state index contributed by atoms with van der Waals surface area (Å²) < 4.78 is 35.1. The maximum absolute atomic E-state index is 12.3. The van der Waals surface area contributed by atoms with Gasteiger partial charge in [-0.1, -0.05) is 6.07 Å². The molecule has 0 spiro atoms. The van der Waals surface area contributed by atoms with Gasteiger partial charge in [-0.25, -0.2) is 12.7 Å². The van der Waals surface area contributed by atoms with Crippen LogP contribution in [0.2, 0.25) is 0 Å². The number of hydrogen-bond donors (Lipinski definition) is 1. The van der Waals surface area contributed by atoms with Crippen LogP contribution in [0, 0.1) is 5.92 Å². The smallest absolute Gasteiger partial charge is 0.224 e. The summed E-state index contributed by atoms with van der Waals surface area (Å²) in [5.41, 5.74) is 1.03. The highest BCUT2D eigenvalue weighted by Crippen LogP contribution is 2.27. The lowest BCUT2D eigenvalue weighted by Crippen LogP contribution is -2.45. The monoisotopic (exact) mass is 370 g/mol. The van der Waals surface area contributed by atoms with Crippen molar-refractivity contribution in [2.45, 2.75) is 19.3 Å². The molecule has 25 heavy (non-hydrogen) atoms. The van der Waals surface area contributed by atoms with Crippen molar-refractivity contribution in [3.8, 4) is 11.5 Å². The molecule has 8 heteroatoms. The highest BCUT2D eigenvalue weighted by atomic mass is 32.2. The average molecular weight is 370 g/mol. The van der Waals surface area contributed by atoms with Crippen LogP contribution in [-0.2, 0) is 21.2 Å². The first-order chi connectivity index (χ1) is 11.8. The van der Waals surface area contributed by atoms with E-state index in [9.17, 15) is 13.2 Å². The van der Waals surface area contributed by atoms with Crippen LogP contribution in [0.4, 0.5) is 0 Å². The summed E-state index contributed by atoms with van der Waals surface area (Å²) in [4.78, 5) is 12.3. The molecule has 1 aliphatic heterocycles. The van der Waals surface area contributed by atoms with Crippen LogP contribution in [0.25, 0.3) is 0 Å². The molecular formula is C17H26N2O5S. The Kier molecular flexibility index (Phi) is 6.66. The van der Waals surface area contributed by atoms with E-state index >= 15 is 0 Å². The number of carbonyl (C=O) groups is 1. The fourth-order valence-electron chi connectivity index (χ4n) is 2.97. The van der Waals surface area contributed by atoms with Gasteiger partial charge in [0.25, 0.3) is 0 Å². The van der Waals surface area contributed by atoms with Crippen LogP contribution in [0.15, 0.2) is 18.2 Å². The zero-order valence-electron chi connectivity index (χ0n) is 14.9. The SMILES string of the molecule is COc1ccc(CCNC(=O)[C@@H]2CCCN(S(C)(=O)=O)C2)cc1OC. The van der Waals surface area contributed by atoms with Gasteiger partial charge in [-0.05, 0) is 37.0 Å². The van der Waals surface area contributed by atoms with Crippen LogP contribution < -0.4 is 14.8 Å². The maximum atomic E-state index is 12.3. The second kappa shape index (κ2) is 8.53. The summed E-state index contributed by atoms with van der Waals surface area (Å²) in [6, 6.07) is 5.65. The van der Waals surface area contributed by atoms with Crippen LogP contribution in [0.3, 0.4) is 0 Å². The summed E-state index contributed by atoms with van der Waals surface area (Å²) in [6.07, 6.45) is 3.27. The highest BCUT2D eigenvalue weighted by molar-refractivity contribution is 7.88. The average Bonchev–Trinajstić information content (AvgIpc) is 2.60. The second-order valence-corrected chi connectivity index (χ2v) is 8.17. The zero-order valence-corrected chi connectivity index (χ0v) is 15.8. The Balaban J connectivity index is 1.86. The van der Waals surface area contributed by atoms with Gasteiger partial charge in [0.15, 0.2) is 11.5 Å². The number of benzene rings is 1. The summed E-state index contributed by atoms with van der Waals surface area (Å²) >= 11 is 0. The van der Waals surface area contributed by atoms with E-state index < -0.39 is 10.0 Å². The first-order valence-corrected chi connectivity index (χ1v) is 10.1. The molecule has 1 amide bonds. The fraction of sp³-hybridized carbons (Fsp3) is 0.588. The van der Waals surface area contributed by atoms with Crippen molar-refractivity contribution in [2.24, 2.45) is 5.92 Å². The largest absolute Gasteiger partial charge is 0.493 e. The molecule has 1 atom stereocenters. The first kappa shape index (κ1) is 19.5. The van der Waals surface area contributed by atoms with E-state index in [0.29, 0.717) is 43.9 Å². The van der Waals surface area contributed by atoms with Crippen molar-refractivity contribution in [3.63, 3.8) is 0 Å². The van der Waals surface area contributed by atoms with Crippen LogP contribution in [0.1, 0.15) is 18.4 Å². The molecular weight excluding hydrogens is 344 g/mol. The van der Waals surface area contributed by atoms with E-state index in [4.69, 9.17) is 9.47 Å². The summed E-state index contributed by atoms with van der Waals surface area (Å²) in [6.45, 7) is 1.25. The number of nitrogens with one attached hydrogen (secondary N) is 1. The quantitative estimate of drug-likeness (QED) is 0.775. The van der Waals surface area contributed by atoms with Crippen molar-refractivity contribution >= 4 is 15.9 Å². The van der Waals surface area contributed by atoms with Crippen LogP contribution in [0.5, 0.6) is 11.5 Å². The Morgan fingerprint density at radius 3 is 2.64 bits per heavy atom. The molecule has 0 unspecified atom stereocenters. The van der Waals surface area contributed by atoms with Crippen molar-refractivity contribution in [2.75, 3.05) is 40.1 Å². The molecule has 1 saturated heterocycles. The molecule has 2 rings (SSSR count). The second-order valence-electron chi connectivity index (χ2n) is 6.19. The minimum absolute atomic E-state index is 0.0890. The summed E-state index contributed by atoms with van der Waals surface area (Å²) in [7, 11) is -0.0742. The van der Waals surface area contributed by atoms with Gasteiger partial charge in [0.2, 0.25) is 15.9 Å². The molecule has 0 aromatic heterocycles. The minimum Gasteiger partial charge on any atom is -0.493 e. The lowest BCUT2D eigenvalue weighted by Gasteiger charge is -2.30. The molecule has 1 aromatic carbocycles. The highest BCUT2D eigenvalue weighted by Gasteiger charge is 2.29. The Bertz CT molecular complexity index is 705. The molecule has 0 bridgehead atoms. The van der Waals surface area contributed by atoms with E-state index in [0.717, 1.165) is 5.56 Å². The third-order valence-electron chi connectivity index (χ3n) is 4.38. The molecule has 140 valence electrons. The fourth-order valence-corrected chi connectivity index (χ4v) is 3.88. The maximum Gasteiger partial charge on any atom is 0.224 e. The third kappa shape index (κ3) is 5.34. The predicted molar refractivity (Wildman–Crippen MR) is 95.4 cm³/mol. The Morgan fingerprint density at radius 1 is 1.28 bits per heavy atom. The van der Waals surface area contributed by atoms with Gasteiger partial charge in [0, 0.05) is 19.6 Å². The molecule has 1 aliphatic rings. The van der Waals surface area contributed by atoms with Gasteiger partial charge in [-0.15, -0.1) is 0 Å². The number of hydrogen-bond acceptors (Lipinski definition) is 5. The van der Waals surface area contributed by atoms with Gasteiger partial charge in [0.1, 0.15) is 0 Å². The summed E-state index contributed by atoms with van der Waals surface area (Å²) in [5, 5.41) is 2.91. The molecule has 1 aromatic rings. The van der Waals surface area contributed by atoms with Gasteiger partial charge in [-0.2, -0.15) is 0 Å².